The summed E-state index contributed by atoms with van der Waals surface area (Å²) in [6.07, 6.45) is -0.0219. The quantitative estimate of drug-likeness (QED) is 0.554. The molecule has 0 aromatic carbocycles. The second kappa shape index (κ2) is 6.73. The number of carbonyl (C=O) groups is 1. The van der Waals surface area contributed by atoms with Gasteiger partial charge in [-0.3, -0.25) is 4.79 Å². The van der Waals surface area contributed by atoms with Crippen LogP contribution in [-0.4, -0.2) is 23.4 Å². The van der Waals surface area contributed by atoms with Crippen molar-refractivity contribution in [2.45, 2.75) is 71.1 Å². The summed E-state index contributed by atoms with van der Waals surface area (Å²) >= 11 is 0. The zero-order chi connectivity index (χ0) is 17.3. The van der Waals surface area contributed by atoms with Crippen LogP contribution in [0, 0.1) is 17.3 Å². The highest BCUT2D eigenvalue weighted by Crippen LogP contribution is 2.47. The van der Waals surface area contributed by atoms with Gasteiger partial charge in [-0.05, 0) is 38.2 Å². The lowest BCUT2D eigenvalue weighted by atomic mass is 9.80. The van der Waals surface area contributed by atoms with E-state index >= 15 is 0 Å². The average molecular weight is 334 g/mol. The van der Waals surface area contributed by atoms with E-state index in [1.165, 1.54) is 13.0 Å². The number of carbonyl (C=O) groups excluding carboxylic acids is 1. The van der Waals surface area contributed by atoms with E-state index in [-0.39, 0.29) is 30.6 Å². The molecular formula is C17H25F3O3. The maximum Gasteiger partial charge on any atom is 0.394 e. The molecule has 1 aliphatic heterocycles. The first-order chi connectivity index (χ1) is 10.7. The summed E-state index contributed by atoms with van der Waals surface area (Å²) in [5.74, 6) is -1.63. The monoisotopic (exact) mass is 334 g/mol. The van der Waals surface area contributed by atoms with Crippen molar-refractivity contribution in [3.63, 3.8) is 0 Å². The summed E-state index contributed by atoms with van der Waals surface area (Å²) in [5.41, 5.74) is -1.88. The molecule has 1 unspecified atom stereocenters. The normalized spacial score (nSPS) is 30.9. The number of hydrogen-bond acceptors (Lipinski definition) is 3. The molecule has 1 saturated heterocycles. The minimum atomic E-state index is -4.34. The topological polar surface area (TPSA) is 46.5 Å². The van der Waals surface area contributed by atoms with Gasteiger partial charge in [0.1, 0.15) is 17.8 Å². The van der Waals surface area contributed by atoms with Gasteiger partial charge in [-0.2, -0.15) is 13.2 Å². The van der Waals surface area contributed by atoms with E-state index in [9.17, 15) is 23.1 Å². The molecule has 2 rings (SSSR count). The Labute approximate surface area is 134 Å². The average Bonchev–Trinajstić information content (AvgIpc) is 3.01. The van der Waals surface area contributed by atoms with Crippen LogP contribution in [0.15, 0.2) is 11.8 Å². The Hall–Kier alpha value is -1.20. The van der Waals surface area contributed by atoms with Crippen molar-refractivity contribution in [3.8, 4) is 0 Å². The van der Waals surface area contributed by atoms with Gasteiger partial charge in [0.05, 0.1) is 5.41 Å². The van der Waals surface area contributed by atoms with Gasteiger partial charge in [-0.25, -0.2) is 0 Å². The number of aliphatic hydroxyl groups excluding tert-OH is 1. The van der Waals surface area contributed by atoms with Gasteiger partial charge in [0, 0.05) is 5.92 Å². The second-order valence-corrected chi connectivity index (χ2v) is 7.04. The zero-order valence-corrected chi connectivity index (χ0v) is 13.7. The molecule has 0 bridgehead atoms. The van der Waals surface area contributed by atoms with Crippen LogP contribution in [0.3, 0.4) is 0 Å². The van der Waals surface area contributed by atoms with Crippen LogP contribution in [0.4, 0.5) is 13.2 Å². The van der Waals surface area contributed by atoms with Gasteiger partial charge in [-0.15, -0.1) is 0 Å². The highest BCUT2D eigenvalue weighted by atomic mass is 19.4. The number of alkyl halides is 3. The predicted octanol–water partition coefficient (Wildman–Crippen LogP) is 4.92. The van der Waals surface area contributed by atoms with Crippen molar-refractivity contribution < 1.29 is 27.8 Å². The smallest absolute Gasteiger partial charge is 0.394 e. The molecule has 1 heterocycles. The van der Waals surface area contributed by atoms with Gasteiger partial charge in [-0.1, -0.05) is 26.7 Å². The maximum atomic E-state index is 13.3. The molecule has 0 aromatic heterocycles. The van der Waals surface area contributed by atoms with Crippen LogP contribution in [-0.2, 0) is 9.53 Å². The van der Waals surface area contributed by atoms with Crippen LogP contribution in [0.5, 0.6) is 0 Å². The minimum Gasteiger partial charge on any atom is -0.512 e. The van der Waals surface area contributed by atoms with Crippen molar-refractivity contribution in [3.05, 3.63) is 11.8 Å². The first-order valence-electron chi connectivity index (χ1n) is 8.36. The summed E-state index contributed by atoms with van der Waals surface area (Å²) in [7, 11) is 0. The molecule has 3 nitrogen and oxygen atoms in total. The molecule has 4 atom stereocenters. The number of esters is 1. The molecule has 23 heavy (non-hydrogen) atoms. The molecule has 1 N–H and O–H groups in total. The zero-order valence-electron chi connectivity index (χ0n) is 13.7. The van der Waals surface area contributed by atoms with Crippen LogP contribution in [0.25, 0.3) is 0 Å². The van der Waals surface area contributed by atoms with E-state index in [0.29, 0.717) is 12.8 Å². The fourth-order valence-corrected chi connectivity index (χ4v) is 3.60. The van der Waals surface area contributed by atoms with Crippen molar-refractivity contribution in [2.24, 2.45) is 17.3 Å². The third-order valence-electron chi connectivity index (χ3n) is 5.30. The Morgan fingerprint density at radius 1 is 1.39 bits per heavy atom. The number of hydrogen-bond donors (Lipinski definition) is 1. The fraction of sp³-hybridized carbons (Fsp3) is 0.824. The van der Waals surface area contributed by atoms with E-state index in [0.717, 1.165) is 19.3 Å². The molecule has 6 heteroatoms. The Balaban J connectivity index is 2.11. The lowest BCUT2D eigenvalue weighted by Crippen LogP contribution is -2.35. The highest BCUT2D eigenvalue weighted by molar-refractivity contribution is 5.78. The van der Waals surface area contributed by atoms with Crippen molar-refractivity contribution in [2.75, 3.05) is 0 Å². The van der Waals surface area contributed by atoms with Gasteiger partial charge in [0.25, 0.3) is 0 Å². The van der Waals surface area contributed by atoms with Gasteiger partial charge < -0.3 is 9.84 Å². The Morgan fingerprint density at radius 2 is 2.09 bits per heavy atom. The number of unbranched alkanes of at least 4 members (excludes halogenated alkanes) is 1. The van der Waals surface area contributed by atoms with Crippen LogP contribution < -0.4 is 0 Å². The number of halogens is 3. The number of aliphatic hydroxyl groups is 1. The summed E-state index contributed by atoms with van der Waals surface area (Å²) in [4.78, 5) is 11.9. The third kappa shape index (κ3) is 3.66. The molecule has 2 aliphatic rings. The largest absolute Gasteiger partial charge is 0.512 e. The van der Waals surface area contributed by atoms with E-state index < -0.39 is 23.5 Å². The Bertz CT molecular complexity index is 472. The highest BCUT2D eigenvalue weighted by Gasteiger charge is 2.51. The first-order valence-corrected chi connectivity index (χ1v) is 8.36. The van der Waals surface area contributed by atoms with E-state index in [4.69, 9.17) is 4.74 Å². The number of fused-ring (bicyclic) bond motifs is 1. The van der Waals surface area contributed by atoms with Crippen molar-refractivity contribution in [1.29, 1.82) is 0 Å². The fourth-order valence-electron chi connectivity index (χ4n) is 3.60. The van der Waals surface area contributed by atoms with E-state index in [1.54, 1.807) is 0 Å². The second-order valence-electron chi connectivity index (χ2n) is 7.04. The van der Waals surface area contributed by atoms with Crippen LogP contribution in [0.2, 0.25) is 0 Å². The predicted molar refractivity (Wildman–Crippen MR) is 79.7 cm³/mol. The molecule has 0 spiro atoms. The van der Waals surface area contributed by atoms with Gasteiger partial charge in [0.2, 0.25) is 0 Å². The molecule has 0 amide bonds. The lowest BCUT2D eigenvalue weighted by molar-refractivity contribution is -0.219. The third-order valence-corrected chi connectivity index (χ3v) is 5.30. The number of ether oxygens (including phenoxy) is 1. The minimum absolute atomic E-state index is 0.0119. The SMILES string of the molecule is CCCC[C@@](C)(CC=C(O)C1C(=O)O[C@@H]2CCC[C@@H]12)C(F)(F)F. The Morgan fingerprint density at radius 3 is 2.70 bits per heavy atom. The van der Waals surface area contributed by atoms with Crippen LogP contribution in [0.1, 0.15) is 58.8 Å². The molecule has 1 saturated carbocycles. The Kier molecular flexibility index (Phi) is 5.31. The molecule has 1 aliphatic carbocycles. The van der Waals surface area contributed by atoms with Gasteiger partial charge in [0.15, 0.2) is 0 Å². The summed E-state index contributed by atoms with van der Waals surface area (Å²) in [6, 6.07) is 0. The van der Waals surface area contributed by atoms with Crippen molar-refractivity contribution in [1.82, 2.24) is 0 Å². The van der Waals surface area contributed by atoms with E-state index in [2.05, 4.69) is 0 Å². The molecule has 0 aromatic rings. The summed E-state index contributed by atoms with van der Waals surface area (Å²) in [5, 5.41) is 10.2. The number of rotatable bonds is 6. The summed E-state index contributed by atoms with van der Waals surface area (Å²) in [6.45, 7) is 3.02. The maximum absolute atomic E-state index is 13.3. The van der Waals surface area contributed by atoms with Crippen LogP contribution >= 0.6 is 0 Å². The molecule has 132 valence electrons. The molecule has 0 radical (unpaired) electrons. The molecule has 2 fully saturated rings. The number of allylic oxidation sites excluding steroid dienone is 1. The summed E-state index contributed by atoms with van der Waals surface area (Å²) < 4.78 is 45.3. The lowest BCUT2D eigenvalue weighted by Gasteiger charge is -2.31. The van der Waals surface area contributed by atoms with Crippen molar-refractivity contribution >= 4 is 5.97 Å². The molecular weight excluding hydrogens is 309 g/mol. The first kappa shape index (κ1) is 18.1. The standard InChI is InChI=1S/C17H25F3O3/c1-3-4-9-16(2,17(18,19)20)10-8-12(21)14-11-6-5-7-13(11)23-15(14)22/h8,11,13-14,21H,3-7,9-10H2,1-2H3/t11-,13-,14?,16+/m1/s1. The van der Waals surface area contributed by atoms with Gasteiger partial charge >= 0.3 is 12.1 Å². The van der Waals surface area contributed by atoms with E-state index in [1.807, 2.05) is 6.92 Å².